The molecule has 0 unspecified atom stereocenters. The van der Waals surface area contributed by atoms with Crippen LogP contribution in [0, 0.1) is 13.8 Å². The molecule has 0 radical (unpaired) electrons. The number of nitrogens with zero attached hydrogens (tertiary/aromatic N) is 2. The van der Waals surface area contributed by atoms with Crippen LogP contribution in [0.5, 0.6) is 0 Å². The molecule has 5 nitrogen and oxygen atoms in total. The summed E-state index contributed by atoms with van der Waals surface area (Å²) in [6, 6.07) is 13.4. The molecule has 5 heteroatoms. The molecule has 1 aromatic carbocycles. The smallest absolute Gasteiger partial charge is 0.272 e. The molecule has 0 bridgehead atoms. The molecule has 2 heterocycles. The van der Waals surface area contributed by atoms with Gasteiger partial charge in [0.05, 0.1) is 6.04 Å². The van der Waals surface area contributed by atoms with E-state index in [9.17, 15) is 4.79 Å². The number of hydrogen-bond acceptors (Lipinski definition) is 3. The quantitative estimate of drug-likeness (QED) is 0.778. The molecule has 0 aliphatic rings. The summed E-state index contributed by atoms with van der Waals surface area (Å²) in [5, 5.41) is 9.86. The second-order valence-electron chi connectivity index (χ2n) is 5.53. The number of rotatable bonds is 4. The van der Waals surface area contributed by atoms with Gasteiger partial charge < -0.3 is 5.32 Å². The van der Waals surface area contributed by atoms with Crippen LogP contribution in [0.15, 0.2) is 54.9 Å². The van der Waals surface area contributed by atoms with Crippen molar-refractivity contribution in [2.24, 2.45) is 0 Å². The summed E-state index contributed by atoms with van der Waals surface area (Å²) < 4.78 is 0. The molecule has 23 heavy (non-hydrogen) atoms. The number of carbonyl (C=O) groups is 1. The zero-order chi connectivity index (χ0) is 16.2. The predicted octanol–water partition coefficient (Wildman–Crippen LogP) is 2.94. The van der Waals surface area contributed by atoms with Crippen LogP contribution < -0.4 is 5.32 Å². The minimum Gasteiger partial charge on any atom is -0.340 e. The highest BCUT2D eigenvalue weighted by Gasteiger charge is 2.19. The van der Waals surface area contributed by atoms with E-state index in [-0.39, 0.29) is 11.9 Å². The fraction of sp³-hybridized carbons (Fsp3) is 0.167. The molecule has 0 aliphatic heterocycles. The fourth-order valence-corrected chi connectivity index (χ4v) is 2.41. The molecule has 0 spiro atoms. The van der Waals surface area contributed by atoms with E-state index in [1.807, 2.05) is 50.2 Å². The first-order valence-corrected chi connectivity index (χ1v) is 7.43. The number of aromatic amines is 1. The largest absolute Gasteiger partial charge is 0.340 e. The van der Waals surface area contributed by atoms with Gasteiger partial charge in [0.25, 0.3) is 5.91 Å². The van der Waals surface area contributed by atoms with E-state index < -0.39 is 0 Å². The highest BCUT2D eigenvalue weighted by molar-refractivity contribution is 5.92. The van der Waals surface area contributed by atoms with E-state index in [0.29, 0.717) is 5.69 Å². The zero-order valence-electron chi connectivity index (χ0n) is 13.1. The highest BCUT2D eigenvalue weighted by Crippen LogP contribution is 2.22. The molecule has 0 saturated carbocycles. The molecule has 116 valence electrons. The topological polar surface area (TPSA) is 70.7 Å². The molecule has 2 N–H and O–H groups in total. The second-order valence-corrected chi connectivity index (χ2v) is 5.53. The van der Waals surface area contributed by atoms with E-state index in [1.165, 1.54) is 5.56 Å². The number of hydrogen-bond donors (Lipinski definition) is 2. The summed E-state index contributed by atoms with van der Waals surface area (Å²) in [7, 11) is 0. The summed E-state index contributed by atoms with van der Waals surface area (Å²) in [6.07, 6.45) is 3.45. The van der Waals surface area contributed by atoms with Crippen molar-refractivity contribution in [2.45, 2.75) is 19.9 Å². The van der Waals surface area contributed by atoms with Crippen LogP contribution in [0.25, 0.3) is 0 Å². The van der Waals surface area contributed by atoms with Crippen molar-refractivity contribution in [3.8, 4) is 0 Å². The van der Waals surface area contributed by atoms with Crippen LogP contribution in [0.2, 0.25) is 0 Å². The zero-order valence-corrected chi connectivity index (χ0v) is 13.1. The molecule has 1 atom stereocenters. The average molecular weight is 306 g/mol. The molecular formula is C18H18N4O. The van der Waals surface area contributed by atoms with Gasteiger partial charge in [0.15, 0.2) is 0 Å². The van der Waals surface area contributed by atoms with Gasteiger partial charge >= 0.3 is 0 Å². The Morgan fingerprint density at radius 1 is 1.04 bits per heavy atom. The molecule has 2 aromatic heterocycles. The predicted molar refractivity (Wildman–Crippen MR) is 88.0 cm³/mol. The number of carbonyl (C=O) groups excluding carboxylic acids is 1. The maximum Gasteiger partial charge on any atom is 0.272 e. The van der Waals surface area contributed by atoms with Crippen molar-refractivity contribution in [1.29, 1.82) is 0 Å². The average Bonchev–Trinajstić information content (AvgIpc) is 3.01. The molecule has 0 fully saturated rings. The summed E-state index contributed by atoms with van der Waals surface area (Å²) in [6.45, 7) is 3.90. The summed E-state index contributed by atoms with van der Waals surface area (Å²) >= 11 is 0. The van der Waals surface area contributed by atoms with Gasteiger partial charge in [-0.1, -0.05) is 29.8 Å². The van der Waals surface area contributed by atoms with Crippen LogP contribution in [0.1, 0.15) is 38.9 Å². The van der Waals surface area contributed by atoms with Crippen molar-refractivity contribution >= 4 is 5.91 Å². The van der Waals surface area contributed by atoms with Gasteiger partial charge in [-0.2, -0.15) is 5.10 Å². The van der Waals surface area contributed by atoms with Crippen LogP contribution in [0.3, 0.4) is 0 Å². The number of aryl methyl sites for hydroxylation is 2. The molecule has 0 aliphatic carbocycles. The van der Waals surface area contributed by atoms with Crippen molar-refractivity contribution in [3.05, 3.63) is 82.9 Å². The molecule has 3 aromatic rings. The van der Waals surface area contributed by atoms with Gasteiger partial charge in [0, 0.05) is 18.1 Å². The number of aromatic nitrogens is 3. The van der Waals surface area contributed by atoms with Crippen molar-refractivity contribution < 1.29 is 4.79 Å². The first kappa shape index (κ1) is 15.0. The molecule has 3 rings (SSSR count). The van der Waals surface area contributed by atoms with Crippen molar-refractivity contribution in [3.63, 3.8) is 0 Å². The maximum absolute atomic E-state index is 12.5. The third kappa shape index (κ3) is 3.45. The lowest BCUT2D eigenvalue weighted by Crippen LogP contribution is -2.29. The minimum atomic E-state index is -0.247. The van der Waals surface area contributed by atoms with Crippen LogP contribution in [-0.4, -0.2) is 21.1 Å². The van der Waals surface area contributed by atoms with Crippen molar-refractivity contribution in [2.75, 3.05) is 0 Å². The van der Waals surface area contributed by atoms with Crippen LogP contribution in [0.4, 0.5) is 0 Å². The Kier molecular flexibility index (Phi) is 4.19. The maximum atomic E-state index is 12.5. The summed E-state index contributed by atoms with van der Waals surface area (Å²) in [4.78, 5) is 16.5. The highest BCUT2D eigenvalue weighted by atomic mass is 16.2. The summed E-state index contributed by atoms with van der Waals surface area (Å²) in [5.74, 6) is -0.211. The Morgan fingerprint density at radius 3 is 2.30 bits per heavy atom. The Labute approximate surface area is 134 Å². The van der Waals surface area contributed by atoms with E-state index in [1.54, 1.807) is 18.5 Å². The number of nitrogens with one attached hydrogen (secondary N) is 2. The van der Waals surface area contributed by atoms with E-state index in [2.05, 4.69) is 20.5 Å². The fourth-order valence-electron chi connectivity index (χ4n) is 2.41. The Morgan fingerprint density at radius 2 is 1.70 bits per heavy atom. The molecular weight excluding hydrogens is 288 g/mol. The lowest BCUT2D eigenvalue weighted by Gasteiger charge is -2.19. The Balaban J connectivity index is 1.92. The van der Waals surface area contributed by atoms with E-state index in [4.69, 9.17) is 0 Å². The molecule has 1 amide bonds. The van der Waals surface area contributed by atoms with Crippen LogP contribution >= 0.6 is 0 Å². The number of benzene rings is 1. The van der Waals surface area contributed by atoms with Gasteiger partial charge in [-0.25, -0.2) is 0 Å². The number of pyridine rings is 1. The monoisotopic (exact) mass is 306 g/mol. The number of amides is 1. The third-order valence-electron chi connectivity index (χ3n) is 3.66. The summed E-state index contributed by atoms with van der Waals surface area (Å²) in [5.41, 5.74) is 4.41. The second kappa shape index (κ2) is 6.44. The SMILES string of the molecule is Cc1ccc([C@H](NC(=O)c2cc(C)[nH]n2)c2ccncc2)cc1. The number of H-pyrrole nitrogens is 1. The standard InChI is InChI=1S/C18H18N4O/c1-12-3-5-14(6-4-12)17(15-7-9-19-10-8-15)20-18(23)16-11-13(2)21-22-16/h3-11,17H,1-2H3,(H,20,23)(H,21,22)/t17-/m0/s1. The van der Waals surface area contributed by atoms with Gasteiger partial charge in [-0.3, -0.25) is 14.9 Å². The Bertz CT molecular complexity index is 793. The van der Waals surface area contributed by atoms with E-state index in [0.717, 1.165) is 16.8 Å². The van der Waals surface area contributed by atoms with Crippen molar-refractivity contribution in [1.82, 2.24) is 20.5 Å². The Hall–Kier alpha value is -2.95. The lowest BCUT2D eigenvalue weighted by atomic mass is 9.98. The van der Waals surface area contributed by atoms with Gasteiger partial charge in [0.1, 0.15) is 5.69 Å². The molecule has 0 saturated heterocycles. The normalized spacial score (nSPS) is 11.9. The van der Waals surface area contributed by atoms with Gasteiger partial charge in [0.2, 0.25) is 0 Å². The van der Waals surface area contributed by atoms with Gasteiger partial charge in [-0.15, -0.1) is 0 Å². The van der Waals surface area contributed by atoms with Crippen LogP contribution in [-0.2, 0) is 0 Å². The van der Waals surface area contributed by atoms with Gasteiger partial charge in [-0.05, 0) is 43.2 Å². The first-order valence-electron chi connectivity index (χ1n) is 7.43. The minimum absolute atomic E-state index is 0.211. The third-order valence-corrected chi connectivity index (χ3v) is 3.66. The van der Waals surface area contributed by atoms with E-state index >= 15 is 0 Å². The lowest BCUT2D eigenvalue weighted by molar-refractivity contribution is 0.0938. The first-order chi connectivity index (χ1) is 11.1.